The summed E-state index contributed by atoms with van der Waals surface area (Å²) in [5.74, 6) is 0. The monoisotopic (exact) mass is 272 g/mol. The van der Waals surface area contributed by atoms with Crippen LogP contribution in [0.1, 0.15) is 6.92 Å². The van der Waals surface area contributed by atoms with Crippen molar-refractivity contribution < 1.29 is 13.2 Å². The zero-order valence-corrected chi connectivity index (χ0v) is 11.8. The highest BCUT2D eigenvalue weighted by atomic mass is 32.2. The summed E-state index contributed by atoms with van der Waals surface area (Å²) in [5, 5.41) is 3.15. The molecular formula is C12H20N2O3S. The first-order valence-corrected chi connectivity index (χ1v) is 7.26. The van der Waals surface area contributed by atoms with Gasteiger partial charge in [0.25, 0.3) is 0 Å². The molecule has 0 atom stereocenters. The van der Waals surface area contributed by atoms with Crippen molar-refractivity contribution in [3.8, 4) is 0 Å². The lowest BCUT2D eigenvalue weighted by Gasteiger charge is -2.12. The van der Waals surface area contributed by atoms with Gasteiger partial charge < -0.3 is 10.1 Å². The van der Waals surface area contributed by atoms with Crippen LogP contribution in [0.25, 0.3) is 0 Å². The molecule has 1 rings (SSSR count). The molecule has 5 nitrogen and oxygen atoms in total. The number of anilines is 1. The van der Waals surface area contributed by atoms with Gasteiger partial charge in [-0.1, -0.05) is 0 Å². The van der Waals surface area contributed by atoms with Gasteiger partial charge in [0.15, 0.2) is 0 Å². The Kier molecular flexibility index (Phi) is 5.58. The summed E-state index contributed by atoms with van der Waals surface area (Å²) in [6.45, 7) is 3.98. The minimum atomic E-state index is -3.34. The van der Waals surface area contributed by atoms with Crippen molar-refractivity contribution in [2.24, 2.45) is 0 Å². The van der Waals surface area contributed by atoms with Crippen LogP contribution < -0.4 is 5.32 Å². The minimum absolute atomic E-state index is 0.294. The molecule has 1 N–H and O–H groups in total. The largest absolute Gasteiger partial charge is 0.383 e. The summed E-state index contributed by atoms with van der Waals surface area (Å²) in [7, 11) is -0.307. The van der Waals surface area contributed by atoms with Gasteiger partial charge in [0.2, 0.25) is 10.0 Å². The minimum Gasteiger partial charge on any atom is -0.383 e. The molecular weight excluding hydrogens is 252 g/mol. The fraction of sp³-hybridized carbons (Fsp3) is 0.500. The zero-order valence-electron chi connectivity index (χ0n) is 11.0. The molecule has 0 bridgehead atoms. The molecule has 18 heavy (non-hydrogen) atoms. The Hall–Kier alpha value is -1.11. The van der Waals surface area contributed by atoms with Crippen LogP contribution in [0.4, 0.5) is 5.69 Å². The highest BCUT2D eigenvalue weighted by Crippen LogP contribution is 2.16. The van der Waals surface area contributed by atoms with E-state index in [0.29, 0.717) is 24.7 Å². The molecule has 1 aromatic rings. The number of benzene rings is 1. The van der Waals surface area contributed by atoms with Crippen molar-refractivity contribution in [2.75, 3.05) is 39.2 Å². The van der Waals surface area contributed by atoms with Gasteiger partial charge in [0.05, 0.1) is 11.5 Å². The average Bonchev–Trinajstić information content (AvgIpc) is 2.35. The van der Waals surface area contributed by atoms with Gasteiger partial charge in [-0.15, -0.1) is 0 Å². The molecule has 0 aliphatic heterocycles. The molecule has 0 radical (unpaired) electrons. The van der Waals surface area contributed by atoms with E-state index in [9.17, 15) is 8.42 Å². The molecule has 0 amide bonds. The summed E-state index contributed by atoms with van der Waals surface area (Å²) in [6.07, 6.45) is 0. The average molecular weight is 272 g/mol. The van der Waals surface area contributed by atoms with Gasteiger partial charge in [0.1, 0.15) is 0 Å². The number of sulfonamides is 1. The van der Waals surface area contributed by atoms with Gasteiger partial charge in [0, 0.05) is 32.9 Å². The van der Waals surface area contributed by atoms with Crippen LogP contribution in [0.15, 0.2) is 29.2 Å². The molecule has 0 saturated carbocycles. The van der Waals surface area contributed by atoms with Crippen LogP contribution in [0.3, 0.4) is 0 Å². The molecule has 0 aromatic heterocycles. The second-order valence-electron chi connectivity index (χ2n) is 3.94. The Morgan fingerprint density at radius 3 is 2.33 bits per heavy atom. The zero-order chi connectivity index (χ0) is 13.6. The first kappa shape index (κ1) is 14.9. The van der Waals surface area contributed by atoms with Crippen LogP contribution in [0.2, 0.25) is 0 Å². The third-order valence-electron chi connectivity index (χ3n) is 2.41. The molecule has 0 fully saturated rings. The third kappa shape index (κ3) is 3.97. The number of nitrogens with zero attached hydrogens (tertiary/aromatic N) is 1. The number of ether oxygens (including phenoxy) is 1. The van der Waals surface area contributed by atoms with Crippen LogP contribution in [-0.4, -0.2) is 46.6 Å². The number of rotatable bonds is 7. The SMILES string of the molecule is CCOCCNc1ccc(S(=O)(=O)N(C)C)cc1. The normalized spacial score (nSPS) is 11.8. The van der Waals surface area contributed by atoms with Gasteiger partial charge in [-0.25, -0.2) is 12.7 Å². The van der Waals surface area contributed by atoms with Crippen molar-refractivity contribution in [2.45, 2.75) is 11.8 Å². The van der Waals surface area contributed by atoms with Crippen molar-refractivity contribution in [1.82, 2.24) is 4.31 Å². The van der Waals surface area contributed by atoms with Crippen molar-refractivity contribution >= 4 is 15.7 Å². The smallest absolute Gasteiger partial charge is 0.242 e. The van der Waals surface area contributed by atoms with Crippen LogP contribution >= 0.6 is 0 Å². The summed E-state index contributed by atoms with van der Waals surface area (Å²) in [4.78, 5) is 0.294. The topological polar surface area (TPSA) is 58.6 Å². The highest BCUT2D eigenvalue weighted by molar-refractivity contribution is 7.89. The van der Waals surface area contributed by atoms with Crippen LogP contribution in [0.5, 0.6) is 0 Å². The van der Waals surface area contributed by atoms with Crippen LogP contribution in [-0.2, 0) is 14.8 Å². The second kappa shape index (κ2) is 6.72. The lowest BCUT2D eigenvalue weighted by atomic mass is 10.3. The van der Waals surface area contributed by atoms with Gasteiger partial charge in [-0.05, 0) is 31.2 Å². The number of nitrogens with one attached hydrogen (secondary N) is 1. The molecule has 0 aliphatic rings. The lowest BCUT2D eigenvalue weighted by molar-refractivity contribution is 0.158. The molecule has 0 unspecified atom stereocenters. The maximum absolute atomic E-state index is 11.8. The molecule has 1 aromatic carbocycles. The van der Waals surface area contributed by atoms with E-state index in [4.69, 9.17) is 4.74 Å². The van der Waals surface area contributed by atoms with Gasteiger partial charge in [-0.3, -0.25) is 0 Å². The second-order valence-corrected chi connectivity index (χ2v) is 6.09. The highest BCUT2D eigenvalue weighted by Gasteiger charge is 2.16. The Bertz CT molecular complexity index is 455. The summed E-state index contributed by atoms with van der Waals surface area (Å²) in [6, 6.07) is 6.70. The fourth-order valence-corrected chi connectivity index (χ4v) is 2.27. The van der Waals surface area contributed by atoms with Gasteiger partial charge >= 0.3 is 0 Å². The Morgan fingerprint density at radius 2 is 1.83 bits per heavy atom. The summed E-state index contributed by atoms with van der Waals surface area (Å²) in [5.41, 5.74) is 0.882. The Balaban J connectivity index is 2.63. The van der Waals surface area contributed by atoms with E-state index in [1.165, 1.54) is 18.4 Å². The first-order chi connectivity index (χ1) is 8.48. The number of hydrogen-bond donors (Lipinski definition) is 1. The molecule has 0 spiro atoms. The predicted molar refractivity (Wildman–Crippen MR) is 72.3 cm³/mol. The predicted octanol–water partition coefficient (Wildman–Crippen LogP) is 1.39. The molecule has 0 heterocycles. The lowest BCUT2D eigenvalue weighted by Crippen LogP contribution is -2.22. The molecule has 6 heteroatoms. The Morgan fingerprint density at radius 1 is 1.22 bits per heavy atom. The van der Waals surface area contributed by atoms with E-state index < -0.39 is 10.0 Å². The van der Waals surface area contributed by atoms with Gasteiger partial charge in [-0.2, -0.15) is 0 Å². The standard InChI is InChI=1S/C12H20N2O3S/c1-4-17-10-9-13-11-5-7-12(8-6-11)18(15,16)14(2)3/h5-8,13H,4,9-10H2,1-3H3. The summed E-state index contributed by atoms with van der Waals surface area (Å²) >= 11 is 0. The maximum atomic E-state index is 11.8. The van der Waals surface area contributed by atoms with Crippen LogP contribution in [0, 0.1) is 0 Å². The van der Waals surface area contributed by atoms with E-state index in [0.717, 1.165) is 5.69 Å². The van der Waals surface area contributed by atoms with E-state index in [1.54, 1.807) is 24.3 Å². The molecule has 102 valence electrons. The first-order valence-electron chi connectivity index (χ1n) is 5.82. The Labute approximate surface area is 109 Å². The quantitative estimate of drug-likeness (QED) is 0.762. The van der Waals surface area contributed by atoms with Crippen molar-refractivity contribution in [1.29, 1.82) is 0 Å². The van der Waals surface area contributed by atoms with Crippen molar-refractivity contribution in [3.05, 3.63) is 24.3 Å². The number of hydrogen-bond acceptors (Lipinski definition) is 4. The van der Waals surface area contributed by atoms with E-state index in [1.807, 2.05) is 6.92 Å². The van der Waals surface area contributed by atoms with E-state index in [2.05, 4.69) is 5.32 Å². The maximum Gasteiger partial charge on any atom is 0.242 e. The van der Waals surface area contributed by atoms with E-state index in [-0.39, 0.29) is 0 Å². The van der Waals surface area contributed by atoms with Crippen molar-refractivity contribution in [3.63, 3.8) is 0 Å². The van der Waals surface area contributed by atoms with E-state index >= 15 is 0 Å². The third-order valence-corrected chi connectivity index (χ3v) is 4.24. The summed E-state index contributed by atoms with van der Waals surface area (Å²) < 4.78 is 30.1. The molecule has 0 aliphatic carbocycles. The molecule has 0 saturated heterocycles. The fourth-order valence-electron chi connectivity index (χ4n) is 1.37.